The highest BCUT2D eigenvalue weighted by Crippen LogP contribution is 2.64. The largest absolute Gasteiger partial charge is 0.310 e. The van der Waals surface area contributed by atoms with E-state index in [0.717, 1.165) is 33.5 Å². The van der Waals surface area contributed by atoms with Gasteiger partial charge in [0.25, 0.3) is 0 Å². The molecular weight excluding hydrogens is 753 g/mol. The molecule has 4 heteroatoms. The SMILES string of the molecule is c1ccc(-c2ccc(-c3nc(-c4ccccc4)nc(-c4cccc(-c5cccc6c5-c5ccccc5C65c6ccccc6N(c6ccccc6)c6ccccc65)c4)n3)cc2)cc1. The molecule has 2 heterocycles. The first-order chi connectivity index (χ1) is 30.8. The number of hydrogen-bond donors (Lipinski definition) is 0. The Kier molecular flexibility index (Phi) is 8.36. The van der Waals surface area contributed by atoms with Crippen LogP contribution < -0.4 is 4.90 Å². The summed E-state index contributed by atoms with van der Waals surface area (Å²) in [6.45, 7) is 0. The summed E-state index contributed by atoms with van der Waals surface area (Å²) in [4.78, 5) is 17.8. The standard InChI is InChI=1S/C58H38N4/c1-4-18-39(19-5-1)40-34-36-42(37-35-40)56-59-55(41-20-6-2-7-21-41)60-57(61-56)44-23-16-22-43(38-44)46-27-17-31-51-54(46)47-26-10-11-28-48(47)58(51)49-29-12-14-32-52(49)62(45-24-8-3-9-25-45)53-33-15-13-30-50(53)58/h1-38H. The second-order valence-corrected chi connectivity index (χ2v) is 15.9. The third kappa shape index (κ3) is 5.58. The highest BCUT2D eigenvalue weighted by molar-refractivity contribution is 6.00. The molecule has 2 aliphatic rings. The van der Waals surface area contributed by atoms with Crippen LogP contribution in [0.2, 0.25) is 0 Å². The van der Waals surface area contributed by atoms with Crippen molar-refractivity contribution >= 4 is 17.1 Å². The van der Waals surface area contributed by atoms with Crippen molar-refractivity contribution in [3.8, 4) is 67.5 Å². The van der Waals surface area contributed by atoms with E-state index in [1.54, 1.807) is 0 Å². The molecule has 0 atom stereocenters. The van der Waals surface area contributed by atoms with Crippen LogP contribution >= 0.6 is 0 Å². The molecule has 0 N–H and O–H groups in total. The summed E-state index contributed by atoms with van der Waals surface area (Å²) in [5.41, 5.74) is 17.9. The van der Waals surface area contributed by atoms with Gasteiger partial charge >= 0.3 is 0 Å². The molecule has 1 aromatic heterocycles. The minimum absolute atomic E-state index is 0.540. The van der Waals surface area contributed by atoms with Crippen molar-refractivity contribution in [2.24, 2.45) is 0 Å². The van der Waals surface area contributed by atoms with Crippen molar-refractivity contribution in [3.05, 3.63) is 253 Å². The van der Waals surface area contributed by atoms with E-state index in [9.17, 15) is 0 Å². The average Bonchev–Trinajstić information content (AvgIpc) is 3.66. The molecule has 1 aliphatic heterocycles. The summed E-state index contributed by atoms with van der Waals surface area (Å²) in [7, 11) is 0. The van der Waals surface area contributed by atoms with Gasteiger partial charge in [-0.3, -0.25) is 0 Å². The van der Waals surface area contributed by atoms with Gasteiger partial charge in [0.2, 0.25) is 0 Å². The monoisotopic (exact) mass is 790 g/mol. The number of para-hydroxylation sites is 3. The molecule has 62 heavy (non-hydrogen) atoms. The summed E-state index contributed by atoms with van der Waals surface area (Å²) in [5.74, 6) is 1.90. The molecule has 12 rings (SSSR count). The van der Waals surface area contributed by atoms with E-state index in [4.69, 9.17) is 15.0 Å². The third-order valence-electron chi connectivity index (χ3n) is 12.5. The number of hydrogen-bond acceptors (Lipinski definition) is 4. The van der Waals surface area contributed by atoms with Crippen LogP contribution in [0.25, 0.3) is 67.5 Å². The lowest BCUT2D eigenvalue weighted by atomic mass is 9.64. The number of rotatable bonds is 6. The maximum Gasteiger partial charge on any atom is 0.164 e. The quantitative estimate of drug-likeness (QED) is 0.168. The van der Waals surface area contributed by atoms with Crippen molar-refractivity contribution in [2.45, 2.75) is 5.41 Å². The van der Waals surface area contributed by atoms with E-state index < -0.39 is 5.41 Å². The first-order valence-corrected chi connectivity index (χ1v) is 21.1. The Bertz CT molecular complexity index is 3240. The van der Waals surface area contributed by atoms with Crippen LogP contribution in [-0.2, 0) is 5.41 Å². The minimum atomic E-state index is -0.540. The van der Waals surface area contributed by atoms with Crippen molar-refractivity contribution in [1.82, 2.24) is 15.0 Å². The second kappa shape index (κ2) is 14.5. The Balaban J connectivity index is 1.03. The molecule has 0 radical (unpaired) electrons. The molecule has 1 aliphatic carbocycles. The maximum atomic E-state index is 5.17. The first-order valence-electron chi connectivity index (χ1n) is 21.1. The van der Waals surface area contributed by atoms with Crippen molar-refractivity contribution < 1.29 is 0 Å². The van der Waals surface area contributed by atoms with Gasteiger partial charge in [-0.05, 0) is 86.0 Å². The van der Waals surface area contributed by atoms with Gasteiger partial charge in [0.1, 0.15) is 0 Å². The van der Waals surface area contributed by atoms with Crippen LogP contribution in [0, 0.1) is 0 Å². The second-order valence-electron chi connectivity index (χ2n) is 15.9. The Morgan fingerprint density at radius 2 is 0.710 bits per heavy atom. The molecule has 0 saturated carbocycles. The number of aromatic nitrogens is 3. The molecule has 0 amide bonds. The van der Waals surface area contributed by atoms with Crippen LogP contribution in [0.1, 0.15) is 22.3 Å². The van der Waals surface area contributed by atoms with E-state index in [0.29, 0.717) is 17.5 Å². The van der Waals surface area contributed by atoms with Crippen LogP contribution in [0.15, 0.2) is 231 Å². The first kappa shape index (κ1) is 35.7. The van der Waals surface area contributed by atoms with Gasteiger partial charge in [-0.25, -0.2) is 15.0 Å². The smallest absolute Gasteiger partial charge is 0.164 e. The van der Waals surface area contributed by atoms with Crippen molar-refractivity contribution in [3.63, 3.8) is 0 Å². The number of fused-ring (bicyclic) bond motifs is 9. The number of nitrogens with zero attached hydrogens (tertiary/aromatic N) is 4. The van der Waals surface area contributed by atoms with E-state index in [1.807, 2.05) is 24.3 Å². The fourth-order valence-electron chi connectivity index (χ4n) is 9.87. The Hall–Kier alpha value is -8.21. The highest BCUT2D eigenvalue weighted by atomic mass is 15.2. The molecule has 0 bridgehead atoms. The summed E-state index contributed by atoms with van der Waals surface area (Å²) >= 11 is 0. The lowest BCUT2D eigenvalue weighted by Crippen LogP contribution is -2.36. The lowest BCUT2D eigenvalue weighted by molar-refractivity contribution is 0.753. The minimum Gasteiger partial charge on any atom is -0.310 e. The molecule has 0 fully saturated rings. The van der Waals surface area contributed by atoms with E-state index in [1.165, 1.54) is 55.9 Å². The summed E-state index contributed by atoms with van der Waals surface area (Å²) < 4.78 is 0. The highest BCUT2D eigenvalue weighted by Gasteiger charge is 2.52. The fourth-order valence-corrected chi connectivity index (χ4v) is 9.87. The predicted molar refractivity (Wildman–Crippen MR) is 253 cm³/mol. The van der Waals surface area contributed by atoms with Crippen molar-refractivity contribution in [2.75, 3.05) is 4.90 Å². The zero-order valence-electron chi connectivity index (χ0n) is 33.7. The molecule has 9 aromatic carbocycles. The van der Waals surface area contributed by atoms with Crippen LogP contribution in [0.5, 0.6) is 0 Å². The maximum absolute atomic E-state index is 5.17. The van der Waals surface area contributed by atoms with Gasteiger partial charge < -0.3 is 4.90 Å². The molecule has 1 spiro atoms. The average molecular weight is 791 g/mol. The summed E-state index contributed by atoms with van der Waals surface area (Å²) in [5, 5.41) is 0. The molecule has 0 saturated heterocycles. The van der Waals surface area contributed by atoms with Gasteiger partial charge in [0, 0.05) is 22.4 Å². The molecular formula is C58H38N4. The van der Waals surface area contributed by atoms with Crippen LogP contribution in [-0.4, -0.2) is 15.0 Å². The van der Waals surface area contributed by atoms with Gasteiger partial charge in [-0.15, -0.1) is 0 Å². The Labute approximate surface area is 361 Å². The Morgan fingerprint density at radius 1 is 0.290 bits per heavy atom. The Morgan fingerprint density at radius 3 is 1.37 bits per heavy atom. The van der Waals surface area contributed by atoms with Crippen LogP contribution in [0.3, 0.4) is 0 Å². The van der Waals surface area contributed by atoms with Crippen molar-refractivity contribution in [1.29, 1.82) is 0 Å². The summed E-state index contributed by atoms with van der Waals surface area (Å²) in [6.07, 6.45) is 0. The van der Waals surface area contributed by atoms with Gasteiger partial charge in [0.05, 0.1) is 16.8 Å². The fraction of sp³-hybridized carbons (Fsp3) is 0.0172. The molecule has 0 unspecified atom stereocenters. The van der Waals surface area contributed by atoms with Gasteiger partial charge in [0.15, 0.2) is 17.5 Å². The number of benzene rings is 9. The third-order valence-corrected chi connectivity index (χ3v) is 12.5. The normalized spacial score (nSPS) is 12.9. The predicted octanol–water partition coefficient (Wildman–Crippen LogP) is 14.4. The molecule has 4 nitrogen and oxygen atoms in total. The van der Waals surface area contributed by atoms with Gasteiger partial charge in [-0.1, -0.05) is 200 Å². The zero-order valence-corrected chi connectivity index (χ0v) is 33.7. The van der Waals surface area contributed by atoms with E-state index >= 15 is 0 Å². The zero-order chi connectivity index (χ0) is 41.0. The van der Waals surface area contributed by atoms with E-state index in [-0.39, 0.29) is 0 Å². The molecule has 290 valence electrons. The van der Waals surface area contributed by atoms with E-state index in [2.05, 4.69) is 211 Å². The summed E-state index contributed by atoms with van der Waals surface area (Å²) in [6, 6.07) is 82.3. The lowest BCUT2D eigenvalue weighted by Gasteiger charge is -2.45. The van der Waals surface area contributed by atoms with Gasteiger partial charge in [-0.2, -0.15) is 0 Å². The topological polar surface area (TPSA) is 41.9 Å². The molecule has 10 aromatic rings. The number of anilines is 3. The van der Waals surface area contributed by atoms with Crippen LogP contribution in [0.4, 0.5) is 17.1 Å².